The van der Waals surface area contributed by atoms with Crippen molar-refractivity contribution >= 4 is 29.2 Å². The minimum atomic E-state index is -1.02. The van der Waals surface area contributed by atoms with E-state index >= 15 is 0 Å². The molecule has 78 valence electrons. The standard InChI is InChI=1S/C9H10Cl2O3/c1-9(11)4-6(10)2-3-7(9)14-5-8(12)13/h2-4,7H,5H2,1H3,(H,12,13). The second-order valence-electron chi connectivity index (χ2n) is 3.16. The molecular weight excluding hydrogens is 227 g/mol. The molecule has 0 aliphatic heterocycles. The summed E-state index contributed by atoms with van der Waals surface area (Å²) >= 11 is 11.8. The van der Waals surface area contributed by atoms with Gasteiger partial charge in [0.05, 0.1) is 11.0 Å². The van der Waals surface area contributed by atoms with Crippen LogP contribution in [0, 0.1) is 0 Å². The maximum Gasteiger partial charge on any atom is 0.329 e. The fourth-order valence-electron chi connectivity index (χ4n) is 1.15. The number of alkyl halides is 1. The second-order valence-corrected chi connectivity index (χ2v) is 4.42. The lowest BCUT2D eigenvalue weighted by Gasteiger charge is -2.29. The molecule has 0 fully saturated rings. The van der Waals surface area contributed by atoms with E-state index in [0.29, 0.717) is 5.03 Å². The van der Waals surface area contributed by atoms with Gasteiger partial charge in [-0.2, -0.15) is 0 Å². The monoisotopic (exact) mass is 236 g/mol. The molecule has 0 radical (unpaired) electrons. The number of hydrogen-bond acceptors (Lipinski definition) is 2. The first-order valence-electron chi connectivity index (χ1n) is 4.00. The normalized spacial score (nSPS) is 31.4. The van der Waals surface area contributed by atoms with Crippen molar-refractivity contribution in [2.24, 2.45) is 0 Å². The summed E-state index contributed by atoms with van der Waals surface area (Å²) in [6.07, 6.45) is 4.45. The molecule has 1 aliphatic rings. The first-order valence-corrected chi connectivity index (χ1v) is 4.76. The zero-order chi connectivity index (χ0) is 10.8. The van der Waals surface area contributed by atoms with Gasteiger partial charge in [-0.1, -0.05) is 17.7 Å². The predicted molar refractivity (Wildman–Crippen MR) is 54.7 cm³/mol. The topological polar surface area (TPSA) is 46.5 Å². The fraction of sp³-hybridized carbons (Fsp3) is 0.444. The van der Waals surface area contributed by atoms with Gasteiger partial charge in [-0.25, -0.2) is 4.79 Å². The molecule has 1 N–H and O–H groups in total. The highest BCUT2D eigenvalue weighted by Gasteiger charge is 2.32. The Bertz CT molecular complexity index is 294. The molecule has 3 nitrogen and oxygen atoms in total. The Hall–Kier alpha value is -0.510. The molecule has 2 atom stereocenters. The molecule has 0 heterocycles. The van der Waals surface area contributed by atoms with Crippen molar-refractivity contribution in [3.05, 3.63) is 23.3 Å². The average molecular weight is 237 g/mol. The maximum absolute atomic E-state index is 10.3. The quantitative estimate of drug-likeness (QED) is 0.765. The molecule has 0 spiro atoms. The van der Waals surface area contributed by atoms with E-state index in [2.05, 4.69) is 0 Å². The van der Waals surface area contributed by atoms with E-state index < -0.39 is 16.9 Å². The van der Waals surface area contributed by atoms with Gasteiger partial charge in [0.1, 0.15) is 6.61 Å². The number of ether oxygens (including phenoxy) is 1. The molecule has 0 saturated carbocycles. The van der Waals surface area contributed by atoms with E-state index in [1.807, 2.05) is 0 Å². The summed E-state index contributed by atoms with van der Waals surface area (Å²) in [4.78, 5) is 9.49. The molecule has 1 rings (SSSR count). The van der Waals surface area contributed by atoms with Crippen LogP contribution in [-0.2, 0) is 9.53 Å². The molecule has 0 amide bonds. The summed E-state index contributed by atoms with van der Waals surface area (Å²) in [5.74, 6) is -1.02. The smallest absolute Gasteiger partial charge is 0.329 e. The van der Waals surface area contributed by atoms with Crippen molar-refractivity contribution < 1.29 is 14.6 Å². The third-order valence-corrected chi connectivity index (χ3v) is 2.35. The van der Waals surface area contributed by atoms with E-state index in [1.54, 1.807) is 25.2 Å². The molecule has 2 unspecified atom stereocenters. The van der Waals surface area contributed by atoms with Crippen LogP contribution >= 0.6 is 23.2 Å². The minimum absolute atomic E-state index is 0.372. The van der Waals surface area contributed by atoms with Crippen molar-refractivity contribution in [1.29, 1.82) is 0 Å². The highest BCUT2D eigenvalue weighted by atomic mass is 35.5. The van der Waals surface area contributed by atoms with Crippen LogP contribution in [0.1, 0.15) is 6.92 Å². The summed E-state index contributed by atoms with van der Waals surface area (Å²) in [5, 5.41) is 8.96. The van der Waals surface area contributed by atoms with E-state index in [0.717, 1.165) is 0 Å². The van der Waals surface area contributed by atoms with Crippen LogP contribution in [0.25, 0.3) is 0 Å². The van der Waals surface area contributed by atoms with Gasteiger partial charge in [0.2, 0.25) is 0 Å². The highest BCUT2D eigenvalue weighted by molar-refractivity contribution is 6.33. The number of hydrogen-bond donors (Lipinski definition) is 1. The zero-order valence-electron chi connectivity index (χ0n) is 7.54. The Morgan fingerprint density at radius 3 is 2.93 bits per heavy atom. The number of halogens is 2. The van der Waals surface area contributed by atoms with Crippen molar-refractivity contribution in [1.82, 2.24) is 0 Å². The Morgan fingerprint density at radius 1 is 1.79 bits per heavy atom. The molecule has 14 heavy (non-hydrogen) atoms. The van der Waals surface area contributed by atoms with Crippen LogP contribution in [0.4, 0.5) is 0 Å². The molecule has 0 saturated heterocycles. The molecule has 1 aliphatic carbocycles. The van der Waals surface area contributed by atoms with Gasteiger partial charge < -0.3 is 9.84 Å². The molecule has 5 heteroatoms. The Labute approximate surface area is 91.9 Å². The minimum Gasteiger partial charge on any atom is -0.480 e. The van der Waals surface area contributed by atoms with Gasteiger partial charge in [0, 0.05) is 5.03 Å². The summed E-state index contributed by atoms with van der Waals surface area (Å²) in [6.45, 7) is 1.34. The number of carbonyl (C=O) groups is 1. The van der Waals surface area contributed by atoms with Gasteiger partial charge in [0.15, 0.2) is 0 Å². The van der Waals surface area contributed by atoms with E-state index in [-0.39, 0.29) is 6.61 Å². The summed E-state index contributed by atoms with van der Waals surface area (Å²) < 4.78 is 5.09. The highest BCUT2D eigenvalue weighted by Crippen LogP contribution is 2.31. The molecule has 0 aromatic rings. The van der Waals surface area contributed by atoms with Gasteiger partial charge in [-0.05, 0) is 19.1 Å². The van der Waals surface area contributed by atoms with Crippen LogP contribution < -0.4 is 0 Å². The fourth-order valence-corrected chi connectivity index (χ4v) is 1.76. The zero-order valence-corrected chi connectivity index (χ0v) is 9.05. The molecule has 0 aromatic heterocycles. The Morgan fingerprint density at radius 2 is 2.43 bits per heavy atom. The number of allylic oxidation sites excluding steroid dienone is 2. The Kier molecular flexibility index (Phi) is 3.59. The van der Waals surface area contributed by atoms with Crippen LogP contribution in [-0.4, -0.2) is 28.7 Å². The maximum atomic E-state index is 10.3. The third kappa shape index (κ3) is 3.01. The van der Waals surface area contributed by atoms with Crippen LogP contribution in [0.2, 0.25) is 0 Å². The number of rotatable bonds is 3. The van der Waals surface area contributed by atoms with Crippen molar-refractivity contribution in [2.45, 2.75) is 17.9 Å². The first kappa shape index (κ1) is 11.6. The van der Waals surface area contributed by atoms with Gasteiger partial charge in [-0.15, -0.1) is 11.6 Å². The van der Waals surface area contributed by atoms with Gasteiger partial charge >= 0.3 is 5.97 Å². The van der Waals surface area contributed by atoms with Gasteiger partial charge in [-0.3, -0.25) is 0 Å². The van der Waals surface area contributed by atoms with Gasteiger partial charge in [0.25, 0.3) is 0 Å². The summed E-state index contributed by atoms with van der Waals surface area (Å²) in [6, 6.07) is 0. The number of carboxylic acid groups (broad SMARTS) is 1. The predicted octanol–water partition coefficient (Wildman–Crippen LogP) is 2.15. The van der Waals surface area contributed by atoms with Crippen molar-refractivity contribution in [2.75, 3.05) is 6.61 Å². The first-order chi connectivity index (χ1) is 6.42. The molecule has 0 aromatic carbocycles. The van der Waals surface area contributed by atoms with Crippen LogP contribution in [0.3, 0.4) is 0 Å². The summed E-state index contributed by atoms with van der Waals surface area (Å²) in [7, 11) is 0. The van der Waals surface area contributed by atoms with Crippen LogP contribution in [0.5, 0.6) is 0 Å². The number of carboxylic acids is 1. The lowest BCUT2D eigenvalue weighted by atomic mass is 9.98. The molecular formula is C9H10Cl2O3. The molecule has 0 bridgehead atoms. The largest absolute Gasteiger partial charge is 0.480 e. The van der Waals surface area contributed by atoms with Crippen LogP contribution in [0.15, 0.2) is 23.3 Å². The average Bonchev–Trinajstić information content (AvgIpc) is 2.00. The second kappa shape index (κ2) is 4.34. The van der Waals surface area contributed by atoms with Crippen molar-refractivity contribution in [3.63, 3.8) is 0 Å². The number of aliphatic carboxylic acids is 1. The SMILES string of the molecule is CC1(Cl)C=C(Cl)C=CC1OCC(=O)O. The third-order valence-electron chi connectivity index (χ3n) is 1.79. The lowest BCUT2D eigenvalue weighted by Crippen LogP contribution is -2.35. The van der Waals surface area contributed by atoms with E-state index in [1.165, 1.54) is 0 Å². The van der Waals surface area contributed by atoms with E-state index in [9.17, 15) is 4.79 Å². The summed E-state index contributed by atoms with van der Waals surface area (Å²) in [5.41, 5.74) is 0. The van der Waals surface area contributed by atoms with Crippen molar-refractivity contribution in [3.8, 4) is 0 Å². The lowest BCUT2D eigenvalue weighted by molar-refractivity contribution is -0.143. The Balaban J connectivity index is 2.63. The van der Waals surface area contributed by atoms with E-state index in [4.69, 9.17) is 33.0 Å².